The maximum absolute atomic E-state index is 9.13. The summed E-state index contributed by atoms with van der Waals surface area (Å²) in [6.07, 6.45) is 0.951. The quantitative estimate of drug-likeness (QED) is 0.777. The summed E-state index contributed by atoms with van der Waals surface area (Å²) in [5.74, 6) is 0. The van der Waals surface area contributed by atoms with Gasteiger partial charge in [0.15, 0.2) is 0 Å². The predicted octanol–water partition coefficient (Wildman–Crippen LogP) is 2.42. The first-order valence-electron chi connectivity index (χ1n) is 5.61. The Hall–Kier alpha value is -0.860. The first-order valence-corrected chi connectivity index (χ1v) is 5.61. The van der Waals surface area contributed by atoms with Crippen molar-refractivity contribution in [2.75, 3.05) is 6.61 Å². The molecule has 0 fully saturated rings. The molecular formula is C13H21NO. The largest absolute Gasteiger partial charge is 0.395 e. The van der Waals surface area contributed by atoms with Crippen LogP contribution in [-0.2, 0) is 0 Å². The van der Waals surface area contributed by atoms with Crippen LogP contribution in [0.2, 0.25) is 0 Å². The Morgan fingerprint density at radius 3 is 2.53 bits per heavy atom. The molecule has 1 aromatic carbocycles. The Morgan fingerprint density at radius 2 is 2.00 bits per heavy atom. The third-order valence-electron chi connectivity index (χ3n) is 2.85. The minimum absolute atomic E-state index is 0.194. The molecule has 0 aliphatic rings. The van der Waals surface area contributed by atoms with E-state index in [9.17, 15) is 0 Å². The van der Waals surface area contributed by atoms with Crippen LogP contribution in [-0.4, -0.2) is 17.8 Å². The van der Waals surface area contributed by atoms with Gasteiger partial charge in [-0.15, -0.1) is 0 Å². The Bertz CT molecular complexity index is 294. The van der Waals surface area contributed by atoms with Crippen LogP contribution in [0.4, 0.5) is 0 Å². The zero-order valence-electron chi connectivity index (χ0n) is 9.83. The number of rotatable bonds is 5. The molecule has 0 aliphatic carbocycles. The van der Waals surface area contributed by atoms with Crippen molar-refractivity contribution in [3.63, 3.8) is 0 Å². The highest BCUT2D eigenvalue weighted by Crippen LogP contribution is 2.17. The third-order valence-corrected chi connectivity index (χ3v) is 2.85. The van der Waals surface area contributed by atoms with Crippen LogP contribution < -0.4 is 5.32 Å². The molecule has 0 saturated heterocycles. The van der Waals surface area contributed by atoms with Gasteiger partial charge in [-0.3, -0.25) is 0 Å². The van der Waals surface area contributed by atoms with Gasteiger partial charge in [-0.2, -0.15) is 0 Å². The number of aryl methyl sites for hydroxylation is 1. The molecule has 0 aliphatic heterocycles. The maximum atomic E-state index is 9.13. The van der Waals surface area contributed by atoms with E-state index < -0.39 is 0 Å². The van der Waals surface area contributed by atoms with Crippen LogP contribution in [0.25, 0.3) is 0 Å². The number of hydrogen-bond donors (Lipinski definition) is 2. The van der Waals surface area contributed by atoms with Gasteiger partial charge < -0.3 is 10.4 Å². The van der Waals surface area contributed by atoms with Crippen LogP contribution in [0.3, 0.4) is 0 Å². The first-order chi connectivity index (χ1) is 7.19. The lowest BCUT2D eigenvalue weighted by molar-refractivity contribution is 0.230. The number of aliphatic hydroxyl groups excluding tert-OH is 1. The second-order valence-corrected chi connectivity index (χ2v) is 4.03. The van der Waals surface area contributed by atoms with Gasteiger partial charge in [-0.1, -0.05) is 31.2 Å². The molecule has 84 valence electrons. The molecule has 0 saturated carbocycles. The second-order valence-electron chi connectivity index (χ2n) is 4.03. The highest BCUT2D eigenvalue weighted by Gasteiger charge is 2.11. The Kier molecular flexibility index (Phi) is 4.79. The monoisotopic (exact) mass is 207 g/mol. The van der Waals surface area contributed by atoms with E-state index in [1.807, 2.05) is 0 Å². The van der Waals surface area contributed by atoms with Gasteiger partial charge in [-0.05, 0) is 31.4 Å². The van der Waals surface area contributed by atoms with E-state index in [4.69, 9.17) is 5.11 Å². The average molecular weight is 207 g/mol. The zero-order chi connectivity index (χ0) is 11.3. The minimum Gasteiger partial charge on any atom is -0.395 e. The molecule has 1 rings (SSSR count). The Labute approximate surface area is 92.3 Å². The zero-order valence-corrected chi connectivity index (χ0v) is 9.83. The van der Waals surface area contributed by atoms with E-state index in [2.05, 4.69) is 50.4 Å². The van der Waals surface area contributed by atoms with Gasteiger partial charge in [0.05, 0.1) is 6.61 Å². The fourth-order valence-corrected chi connectivity index (χ4v) is 1.82. The molecule has 0 radical (unpaired) electrons. The molecule has 0 aromatic heterocycles. The van der Waals surface area contributed by atoms with Crippen molar-refractivity contribution >= 4 is 0 Å². The summed E-state index contributed by atoms with van der Waals surface area (Å²) in [6, 6.07) is 8.85. The normalized spacial score (nSPS) is 14.9. The summed E-state index contributed by atoms with van der Waals surface area (Å²) in [6.45, 7) is 6.54. The summed E-state index contributed by atoms with van der Waals surface area (Å²) in [4.78, 5) is 0. The van der Waals surface area contributed by atoms with Crippen LogP contribution >= 0.6 is 0 Å². The summed E-state index contributed by atoms with van der Waals surface area (Å²) >= 11 is 0. The van der Waals surface area contributed by atoms with E-state index in [0.29, 0.717) is 6.04 Å². The summed E-state index contributed by atoms with van der Waals surface area (Å²) < 4.78 is 0. The van der Waals surface area contributed by atoms with E-state index >= 15 is 0 Å². The average Bonchev–Trinajstić information content (AvgIpc) is 2.26. The van der Waals surface area contributed by atoms with Crippen LogP contribution in [0.15, 0.2) is 24.3 Å². The molecule has 1 aromatic rings. The fraction of sp³-hybridized carbons (Fsp3) is 0.538. The van der Waals surface area contributed by atoms with E-state index in [1.54, 1.807) is 0 Å². The van der Waals surface area contributed by atoms with Crippen molar-refractivity contribution in [3.8, 4) is 0 Å². The molecule has 0 amide bonds. The van der Waals surface area contributed by atoms with Gasteiger partial charge in [-0.25, -0.2) is 0 Å². The van der Waals surface area contributed by atoms with Gasteiger partial charge in [0.1, 0.15) is 0 Å². The predicted molar refractivity (Wildman–Crippen MR) is 63.9 cm³/mol. The minimum atomic E-state index is 0.194. The van der Waals surface area contributed by atoms with Crippen molar-refractivity contribution < 1.29 is 5.11 Å². The Balaban J connectivity index is 2.68. The standard InChI is InChI=1S/C13H21NO/c1-4-12(9-15)14-11(3)13-8-6-5-7-10(13)2/h5-8,11-12,14-15H,4,9H2,1-3H3/t11?,12-/m1/s1. The van der Waals surface area contributed by atoms with E-state index in [-0.39, 0.29) is 12.6 Å². The first kappa shape index (κ1) is 12.2. The molecule has 2 heteroatoms. The molecule has 0 heterocycles. The van der Waals surface area contributed by atoms with Crippen molar-refractivity contribution in [3.05, 3.63) is 35.4 Å². The molecule has 2 N–H and O–H groups in total. The highest BCUT2D eigenvalue weighted by atomic mass is 16.3. The Morgan fingerprint density at radius 1 is 1.33 bits per heavy atom. The number of nitrogens with one attached hydrogen (secondary N) is 1. The smallest absolute Gasteiger partial charge is 0.0584 e. The molecule has 0 spiro atoms. The lowest BCUT2D eigenvalue weighted by Gasteiger charge is -2.22. The maximum Gasteiger partial charge on any atom is 0.0584 e. The molecular weight excluding hydrogens is 186 g/mol. The van der Waals surface area contributed by atoms with Gasteiger partial charge >= 0.3 is 0 Å². The molecule has 0 bridgehead atoms. The van der Waals surface area contributed by atoms with Crippen molar-refractivity contribution in [1.82, 2.24) is 5.32 Å². The van der Waals surface area contributed by atoms with Crippen LogP contribution in [0, 0.1) is 6.92 Å². The number of benzene rings is 1. The molecule has 15 heavy (non-hydrogen) atoms. The molecule has 2 atom stereocenters. The fourth-order valence-electron chi connectivity index (χ4n) is 1.82. The highest BCUT2D eigenvalue weighted by molar-refractivity contribution is 5.28. The van der Waals surface area contributed by atoms with Crippen molar-refractivity contribution in [2.45, 2.75) is 39.3 Å². The summed E-state index contributed by atoms with van der Waals surface area (Å²) in [5.41, 5.74) is 2.61. The number of aliphatic hydroxyl groups is 1. The van der Waals surface area contributed by atoms with Gasteiger partial charge in [0.2, 0.25) is 0 Å². The second kappa shape index (κ2) is 5.89. The van der Waals surface area contributed by atoms with Gasteiger partial charge in [0, 0.05) is 12.1 Å². The van der Waals surface area contributed by atoms with Crippen molar-refractivity contribution in [1.29, 1.82) is 0 Å². The van der Waals surface area contributed by atoms with Gasteiger partial charge in [0.25, 0.3) is 0 Å². The van der Waals surface area contributed by atoms with E-state index in [0.717, 1.165) is 6.42 Å². The lowest BCUT2D eigenvalue weighted by Crippen LogP contribution is -2.34. The summed E-state index contributed by atoms with van der Waals surface area (Å²) in [7, 11) is 0. The molecule has 1 unspecified atom stereocenters. The summed E-state index contributed by atoms with van der Waals surface area (Å²) in [5, 5.41) is 12.6. The van der Waals surface area contributed by atoms with Crippen LogP contribution in [0.1, 0.15) is 37.4 Å². The lowest BCUT2D eigenvalue weighted by atomic mass is 10.0. The topological polar surface area (TPSA) is 32.3 Å². The molecule has 2 nitrogen and oxygen atoms in total. The number of hydrogen-bond acceptors (Lipinski definition) is 2. The SMILES string of the molecule is CC[C@H](CO)NC(C)c1ccccc1C. The van der Waals surface area contributed by atoms with Crippen molar-refractivity contribution in [2.24, 2.45) is 0 Å². The van der Waals surface area contributed by atoms with Crippen LogP contribution in [0.5, 0.6) is 0 Å². The third kappa shape index (κ3) is 3.33. The van der Waals surface area contributed by atoms with E-state index in [1.165, 1.54) is 11.1 Å².